The van der Waals surface area contributed by atoms with Crippen molar-refractivity contribution < 1.29 is 9.53 Å². The van der Waals surface area contributed by atoms with Gasteiger partial charge in [0, 0.05) is 37.9 Å². The number of nitrogens with zero attached hydrogens (tertiary/aromatic N) is 4. The van der Waals surface area contributed by atoms with Crippen LogP contribution in [-0.4, -0.2) is 63.5 Å². The fourth-order valence-corrected chi connectivity index (χ4v) is 4.67. The van der Waals surface area contributed by atoms with Crippen molar-refractivity contribution in [2.24, 2.45) is 0 Å². The summed E-state index contributed by atoms with van der Waals surface area (Å²) in [7, 11) is 0. The first-order valence-electron chi connectivity index (χ1n) is 9.34. The van der Waals surface area contributed by atoms with Gasteiger partial charge in [0.05, 0.1) is 11.7 Å². The van der Waals surface area contributed by atoms with Gasteiger partial charge >= 0.3 is 6.09 Å². The molecule has 0 unspecified atom stereocenters. The standard InChI is InChI=1S/C18H28N4O2/c1-13-10-14(2)21(19-13)9-5-8-20-11-16-17(12-20)24-18(23)22(16)15-6-3-4-7-15/h10,15-17H,3-9,11-12H2,1-2H3/t16-,17+/m1/s1. The summed E-state index contributed by atoms with van der Waals surface area (Å²) >= 11 is 0. The molecule has 4 rings (SSSR count). The first kappa shape index (κ1) is 15.9. The molecule has 1 aromatic heterocycles. The zero-order valence-corrected chi connectivity index (χ0v) is 14.8. The highest BCUT2D eigenvalue weighted by atomic mass is 16.6. The van der Waals surface area contributed by atoms with Gasteiger partial charge in [0.1, 0.15) is 6.10 Å². The molecule has 3 heterocycles. The Kier molecular flexibility index (Phi) is 4.24. The van der Waals surface area contributed by atoms with Gasteiger partial charge in [-0.3, -0.25) is 14.5 Å². The van der Waals surface area contributed by atoms with Gasteiger partial charge in [-0.1, -0.05) is 12.8 Å². The molecular weight excluding hydrogens is 304 g/mol. The number of hydrogen-bond acceptors (Lipinski definition) is 4. The molecule has 3 aliphatic rings. The fraction of sp³-hybridized carbons (Fsp3) is 0.778. The third kappa shape index (κ3) is 2.92. The van der Waals surface area contributed by atoms with Crippen LogP contribution in [0.25, 0.3) is 0 Å². The first-order valence-corrected chi connectivity index (χ1v) is 9.34. The Balaban J connectivity index is 1.30. The maximum absolute atomic E-state index is 12.2. The summed E-state index contributed by atoms with van der Waals surface area (Å²) in [6.07, 6.45) is 5.88. The molecule has 0 N–H and O–H groups in total. The molecule has 1 aromatic rings. The predicted octanol–water partition coefficient (Wildman–Crippen LogP) is 2.34. The van der Waals surface area contributed by atoms with E-state index in [2.05, 4.69) is 32.6 Å². The van der Waals surface area contributed by atoms with Crippen molar-refractivity contribution in [2.45, 2.75) is 70.7 Å². The van der Waals surface area contributed by atoms with Crippen LogP contribution >= 0.6 is 0 Å². The van der Waals surface area contributed by atoms with Crippen molar-refractivity contribution in [3.63, 3.8) is 0 Å². The van der Waals surface area contributed by atoms with Crippen LogP contribution in [0, 0.1) is 13.8 Å². The van der Waals surface area contributed by atoms with Gasteiger partial charge < -0.3 is 4.74 Å². The molecule has 2 atom stereocenters. The van der Waals surface area contributed by atoms with Crippen LogP contribution < -0.4 is 0 Å². The van der Waals surface area contributed by atoms with Crippen LogP contribution in [0.4, 0.5) is 4.79 Å². The van der Waals surface area contributed by atoms with Gasteiger partial charge in [0.25, 0.3) is 0 Å². The summed E-state index contributed by atoms with van der Waals surface area (Å²) in [5.41, 5.74) is 2.31. The number of rotatable bonds is 5. The lowest BCUT2D eigenvalue weighted by atomic mass is 10.1. The normalized spacial score (nSPS) is 27.9. The molecule has 132 valence electrons. The number of ether oxygens (including phenoxy) is 1. The highest BCUT2D eigenvalue weighted by Gasteiger charge is 2.50. The van der Waals surface area contributed by atoms with E-state index in [0.29, 0.717) is 6.04 Å². The number of hydrogen-bond donors (Lipinski definition) is 0. The van der Waals surface area contributed by atoms with Crippen LogP contribution in [0.2, 0.25) is 0 Å². The second-order valence-corrected chi connectivity index (χ2v) is 7.60. The van der Waals surface area contributed by atoms with Gasteiger partial charge in [0.15, 0.2) is 0 Å². The summed E-state index contributed by atoms with van der Waals surface area (Å²) in [5, 5.41) is 4.53. The Hall–Kier alpha value is -1.56. The molecule has 0 bridgehead atoms. The Bertz CT molecular complexity index is 608. The van der Waals surface area contributed by atoms with Gasteiger partial charge in [-0.15, -0.1) is 0 Å². The SMILES string of the molecule is Cc1cc(C)n(CCCN2C[C@@H]3OC(=O)N(C4CCCC4)[C@@H]3C2)n1. The minimum absolute atomic E-state index is 0.0702. The van der Waals surface area contributed by atoms with Gasteiger partial charge in [-0.2, -0.15) is 5.10 Å². The molecule has 24 heavy (non-hydrogen) atoms. The molecule has 0 radical (unpaired) electrons. The molecule has 6 heteroatoms. The summed E-state index contributed by atoms with van der Waals surface area (Å²) < 4.78 is 7.75. The fourth-order valence-electron chi connectivity index (χ4n) is 4.67. The molecule has 0 spiro atoms. The van der Waals surface area contributed by atoms with E-state index >= 15 is 0 Å². The minimum Gasteiger partial charge on any atom is -0.442 e. The largest absolute Gasteiger partial charge is 0.442 e. The van der Waals surface area contributed by atoms with Gasteiger partial charge in [0.2, 0.25) is 0 Å². The number of carbonyl (C=O) groups is 1. The highest BCUT2D eigenvalue weighted by Crippen LogP contribution is 2.34. The van der Waals surface area contributed by atoms with Crippen molar-refractivity contribution in [3.05, 3.63) is 17.5 Å². The van der Waals surface area contributed by atoms with Crippen LogP contribution in [0.3, 0.4) is 0 Å². The second-order valence-electron chi connectivity index (χ2n) is 7.60. The molecule has 1 amide bonds. The van der Waals surface area contributed by atoms with Crippen molar-refractivity contribution >= 4 is 6.09 Å². The third-order valence-corrected chi connectivity index (χ3v) is 5.80. The quantitative estimate of drug-likeness (QED) is 0.830. The van der Waals surface area contributed by atoms with Gasteiger partial charge in [-0.25, -0.2) is 4.79 Å². The minimum atomic E-state index is -0.0702. The zero-order valence-electron chi connectivity index (χ0n) is 14.8. The Labute approximate surface area is 143 Å². The monoisotopic (exact) mass is 332 g/mol. The molecule has 3 fully saturated rings. The maximum atomic E-state index is 12.2. The summed E-state index contributed by atoms with van der Waals surface area (Å²) in [5.74, 6) is 0. The summed E-state index contributed by atoms with van der Waals surface area (Å²) in [6, 6.07) is 2.82. The van der Waals surface area contributed by atoms with Crippen molar-refractivity contribution in [2.75, 3.05) is 19.6 Å². The molecule has 6 nitrogen and oxygen atoms in total. The van der Waals surface area contributed by atoms with E-state index in [1.54, 1.807) is 0 Å². The number of likely N-dealkylation sites (tertiary alicyclic amines) is 1. The first-order chi connectivity index (χ1) is 11.6. The molecule has 1 aliphatic carbocycles. The highest BCUT2D eigenvalue weighted by molar-refractivity contribution is 5.71. The van der Waals surface area contributed by atoms with E-state index in [4.69, 9.17) is 4.74 Å². The molecule has 2 aliphatic heterocycles. The number of aromatic nitrogens is 2. The zero-order chi connectivity index (χ0) is 16.7. The third-order valence-electron chi connectivity index (χ3n) is 5.80. The lowest BCUT2D eigenvalue weighted by molar-refractivity contribution is 0.114. The summed E-state index contributed by atoms with van der Waals surface area (Å²) in [4.78, 5) is 16.7. The lowest BCUT2D eigenvalue weighted by Gasteiger charge is -2.27. The van der Waals surface area contributed by atoms with E-state index in [1.807, 2.05) is 6.92 Å². The smallest absolute Gasteiger partial charge is 0.410 e. The molecular formula is C18H28N4O2. The predicted molar refractivity (Wildman–Crippen MR) is 90.9 cm³/mol. The Morgan fingerprint density at radius 3 is 2.71 bits per heavy atom. The number of fused-ring (bicyclic) bond motifs is 1. The number of aryl methyl sites for hydroxylation is 3. The Morgan fingerprint density at radius 2 is 2.00 bits per heavy atom. The summed E-state index contributed by atoms with van der Waals surface area (Å²) in [6.45, 7) is 8.00. The van der Waals surface area contributed by atoms with E-state index in [1.165, 1.54) is 18.5 Å². The molecule has 1 saturated carbocycles. The lowest BCUT2D eigenvalue weighted by Crippen LogP contribution is -2.43. The Morgan fingerprint density at radius 1 is 1.21 bits per heavy atom. The van der Waals surface area contributed by atoms with Crippen LogP contribution in [-0.2, 0) is 11.3 Å². The second kappa shape index (κ2) is 6.39. The van der Waals surface area contributed by atoms with E-state index < -0.39 is 0 Å². The average Bonchev–Trinajstić information content (AvgIpc) is 3.26. The topological polar surface area (TPSA) is 50.6 Å². The van der Waals surface area contributed by atoms with Crippen molar-refractivity contribution in [1.82, 2.24) is 19.6 Å². The van der Waals surface area contributed by atoms with Crippen LogP contribution in [0.15, 0.2) is 6.07 Å². The van der Waals surface area contributed by atoms with Crippen LogP contribution in [0.5, 0.6) is 0 Å². The van der Waals surface area contributed by atoms with E-state index in [9.17, 15) is 4.79 Å². The van der Waals surface area contributed by atoms with E-state index in [0.717, 1.165) is 51.1 Å². The number of carbonyl (C=O) groups excluding carboxylic acids is 1. The van der Waals surface area contributed by atoms with E-state index in [-0.39, 0.29) is 18.2 Å². The average molecular weight is 332 g/mol. The van der Waals surface area contributed by atoms with Crippen molar-refractivity contribution in [3.8, 4) is 0 Å². The van der Waals surface area contributed by atoms with Crippen LogP contribution in [0.1, 0.15) is 43.5 Å². The molecule has 0 aromatic carbocycles. The maximum Gasteiger partial charge on any atom is 0.410 e. The molecule has 2 saturated heterocycles. The van der Waals surface area contributed by atoms with Crippen molar-refractivity contribution in [1.29, 1.82) is 0 Å². The van der Waals surface area contributed by atoms with Gasteiger partial charge in [-0.05, 0) is 39.2 Å². The number of amides is 1.